The molecule has 5 nitrogen and oxygen atoms in total. The second-order valence-electron chi connectivity index (χ2n) is 4.56. The lowest BCUT2D eigenvalue weighted by Gasteiger charge is -2.04. The highest BCUT2D eigenvalue weighted by Crippen LogP contribution is 2.26. The zero-order valence-electron chi connectivity index (χ0n) is 11.0. The van der Waals surface area contributed by atoms with E-state index in [1.54, 1.807) is 0 Å². The largest absolute Gasteiger partial charge is 0.396 e. The summed E-state index contributed by atoms with van der Waals surface area (Å²) in [5, 5.41) is 21.4. The molecule has 2 heterocycles. The van der Waals surface area contributed by atoms with E-state index >= 15 is 0 Å². The van der Waals surface area contributed by atoms with Crippen molar-refractivity contribution in [2.75, 3.05) is 18.5 Å². The van der Waals surface area contributed by atoms with Gasteiger partial charge < -0.3 is 15.4 Å². The van der Waals surface area contributed by atoms with Gasteiger partial charge in [0.2, 0.25) is 0 Å². The fourth-order valence-electron chi connectivity index (χ4n) is 2.15. The van der Waals surface area contributed by atoms with Crippen LogP contribution in [-0.2, 0) is 0 Å². The third-order valence-corrected chi connectivity index (χ3v) is 3.17. The number of hydrogen-bond donors (Lipinski definition) is 3. The summed E-state index contributed by atoms with van der Waals surface area (Å²) in [6.07, 6.45) is 2.65. The number of fused-ring (bicyclic) bond motifs is 1. The lowest BCUT2D eigenvalue weighted by Crippen LogP contribution is -2.05. The van der Waals surface area contributed by atoms with Gasteiger partial charge in [-0.05, 0) is 24.6 Å². The maximum atomic E-state index is 8.73. The van der Waals surface area contributed by atoms with Crippen LogP contribution in [0.25, 0.3) is 22.2 Å². The van der Waals surface area contributed by atoms with Crippen LogP contribution in [0.1, 0.15) is 6.42 Å². The minimum absolute atomic E-state index is 0.174. The first-order valence-electron chi connectivity index (χ1n) is 6.63. The second-order valence-corrected chi connectivity index (χ2v) is 4.56. The van der Waals surface area contributed by atoms with Crippen molar-refractivity contribution in [1.29, 1.82) is 0 Å². The number of rotatable bonds is 5. The van der Waals surface area contributed by atoms with Crippen LogP contribution in [0.15, 0.2) is 42.6 Å². The molecule has 102 valence electrons. The molecule has 0 aliphatic rings. The predicted molar refractivity (Wildman–Crippen MR) is 79.5 cm³/mol. The van der Waals surface area contributed by atoms with Gasteiger partial charge in [0.05, 0.1) is 5.69 Å². The standard InChI is InChI=1S/C15H16N4O/c20-9-3-8-16-15-7-6-14(18-19-15)12-10-17-13-5-2-1-4-11(12)13/h1-2,4-7,10,17,20H,3,8-9H2,(H,16,19). The van der Waals surface area contributed by atoms with Crippen molar-refractivity contribution in [2.45, 2.75) is 6.42 Å². The van der Waals surface area contributed by atoms with E-state index in [-0.39, 0.29) is 6.61 Å². The van der Waals surface area contributed by atoms with Crippen molar-refractivity contribution >= 4 is 16.7 Å². The Labute approximate surface area is 116 Å². The normalized spacial score (nSPS) is 10.8. The summed E-state index contributed by atoms with van der Waals surface area (Å²) in [5.41, 5.74) is 2.99. The van der Waals surface area contributed by atoms with Gasteiger partial charge in [0, 0.05) is 35.8 Å². The number of anilines is 1. The smallest absolute Gasteiger partial charge is 0.148 e. The number of nitrogens with one attached hydrogen (secondary N) is 2. The Morgan fingerprint density at radius 3 is 2.80 bits per heavy atom. The Hall–Kier alpha value is -2.40. The summed E-state index contributed by atoms with van der Waals surface area (Å²) in [6, 6.07) is 12.0. The van der Waals surface area contributed by atoms with E-state index in [1.807, 2.05) is 36.5 Å². The molecule has 0 atom stereocenters. The van der Waals surface area contributed by atoms with Crippen molar-refractivity contribution in [1.82, 2.24) is 15.2 Å². The molecule has 2 aromatic heterocycles. The molecular weight excluding hydrogens is 252 g/mol. The van der Waals surface area contributed by atoms with Gasteiger partial charge >= 0.3 is 0 Å². The van der Waals surface area contributed by atoms with E-state index in [9.17, 15) is 0 Å². The number of hydrogen-bond acceptors (Lipinski definition) is 4. The molecule has 0 radical (unpaired) electrons. The van der Waals surface area contributed by atoms with Crippen LogP contribution in [0, 0.1) is 0 Å². The summed E-state index contributed by atoms with van der Waals surface area (Å²) in [4.78, 5) is 3.23. The van der Waals surface area contributed by atoms with E-state index in [0.29, 0.717) is 13.0 Å². The first-order valence-corrected chi connectivity index (χ1v) is 6.63. The van der Waals surface area contributed by atoms with E-state index < -0.39 is 0 Å². The molecule has 0 aliphatic heterocycles. The lowest BCUT2D eigenvalue weighted by molar-refractivity contribution is 0.292. The molecule has 3 aromatic rings. The van der Waals surface area contributed by atoms with Crippen LogP contribution in [0.2, 0.25) is 0 Å². The fraction of sp³-hybridized carbons (Fsp3) is 0.200. The molecule has 0 fully saturated rings. The molecule has 0 spiro atoms. The van der Waals surface area contributed by atoms with Gasteiger partial charge in [-0.2, -0.15) is 0 Å². The highest BCUT2D eigenvalue weighted by atomic mass is 16.3. The van der Waals surface area contributed by atoms with E-state index in [1.165, 1.54) is 0 Å². The molecule has 3 N–H and O–H groups in total. The Morgan fingerprint density at radius 2 is 2.00 bits per heavy atom. The van der Waals surface area contributed by atoms with Gasteiger partial charge in [0.25, 0.3) is 0 Å². The third-order valence-electron chi connectivity index (χ3n) is 3.17. The Bertz CT molecular complexity index is 690. The Balaban J connectivity index is 1.84. The predicted octanol–water partition coefficient (Wildman–Crippen LogP) is 2.42. The number of aliphatic hydroxyl groups is 1. The first-order chi connectivity index (χ1) is 9.88. The highest BCUT2D eigenvalue weighted by molar-refractivity contribution is 5.94. The summed E-state index contributed by atoms with van der Waals surface area (Å²) >= 11 is 0. The minimum Gasteiger partial charge on any atom is -0.396 e. The van der Waals surface area contributed by atoms with Crippen LogP contribution in [0.5, 0.6) is 0 Å². The van der Waals surface area contributed by atoms with Crippen LogP contribution in [0.4, 0.5) is 5.82 Å². The maximum absolute atomic E-state index is 8.73. The van der Waals surface area contributed by atoms with Crippen molar-refractivity contribution in [3.8, 4) is 11.3 Å². The van der Waals surface area contributed by atoms with Crippen molar-refractivity contribution in [3.63, 3.8) is 0 Å². The zero-order chi connectivity index (χ0) is 13.8. The van der Waals surface area contributed by atoms with E-state index in [4.69, 9.17) is 5.11 Å². The molecule has 0 saturated heterocycles. The number of para-hydroxylation sites is 1. The third kappa shape index (κ3) is 2.48. The van der Waals surface area contributed by atoms with Crippen molar-refractivity contribution in [2.24, 2.45) is 0 Å². The molecule has 20 heavy (non-hydrogen) atoms. The highest BCUT2D eigenvalue weighted by Gasteiger charge is 2.07. The van der Waals surface area contributed by atoms with Crippen molar-refractivity contribution < 1.29 is 5.11 Å². The number of aromatic nitrogens is 3. The van der Waals surface area contributed by atoms with Gasteiger partial charge in [0.15, 0.2) is 0 Å². The quantitative estimate of drug-likeness (QED) is 0.621. The number of benzene rings is 1. The SMILES string of the molecule is OCCCNc1ccc(-c2c[nH]c3ccccc23)nn1. The van der Waals surface area contributed by atoms with Gasteiger partial charge in [-0.25, -0.2) is 0 Å². The average Bonchev–Trinajstić information content (AvgIpc) is 2.92. The summed E-state index contributed by atoms with van der Waals surface area (Å²) < 4.78 is 0. The average molecular weight is 268 g/mol. The summed E-state index contributed by atoms with van der Waals surface area (Å²) in [6.45, 7) is 0.867. The van der Waals surface area contributed by atoms with Crippen LogP contribution < -0.4 is 5.32 Å². The summed E-state index contributed by atoms with van der Waals surface area (Å²) in [5.74, 6) is 0.724. The van der Waals surface area contributed by atoms with E-state index in [0.717, 1.165) is 28.0 Å². The molecular formula is C15H16N4O. The fourth-order valence-corrected chi connectivity index (χ4v) is 2.15. The summed E-state index contributed by atoms with van der Waals surface area (Å²) in [7, 11) is 0. The van der Waals surface area contributed by atoms with Gasteiger partial charge in [-0.3, -0.25) is 0 Å². The van der Waals surface area contributed by atoms with Gasteiger partial charge in [-0.15, -0.1) is 10.2 Å². The molecule has 5 heteroatoms. The van der Waals surface area contributed by atoms with Gasteiger partial charge in [0.1, 0.15) is 5.82 Å². The van der Waals surface area contributed by atoms with E-state index in [2.05, 4.69) is 26.6 Å². The molecule has 0 unspecified atom stereocenters. The number of nitrogens with zero attached hydrogens (tertiary/aromatic N) is 2. The molecule has 1 aromatic carbocycles. The van der Waals surface area contributed by atoms with Crippen LogP contribution >= 0.6 is 0 Å². The Morgan fingerprint density at radius 1 is 1.10 bits per heavy atom. The van der Waals surface area contributed by atoms with Crippen LogP contribution in [0.3, 0.4) is 0 Å². The number of aromatic amines is 1. The number of aliphatic hydroxyl groups excluding tert-OH is 1. The molecule has 0 saturated carbocycles. The lowest BCUT2D eigenvalue weighted by atomic mass is 10.1. The van der Waals surface area contributed by atoms with Crippen LogP contribution in [-0.4, -0.2) is 33.4 Å². The Kier molecular flexibility index (Phi) is 3.60. The number of H-pyrrole nitrogens is 1. The zero-order valence-corrected chi connectivity index (χ0v) is 11.0. The monoisotopic (exact) mass is 268 g/mol. The molecule has 0 bridgehead atoms. The van der Waals surface area contributed by atoms with Crippen molar-refractivity contribution in [3.05, 3.63) is 42.6 Å². The first kappa shape index (κ1) is 12.6. The topological polar surface area (TPSA) is 73.8 Å². The minimum atomic E-state index is 0.174. The molecule has 3 rings (SSSR count). The second kappa shape index (κ2) is 5.71. The molecule has 0 amide bonds. The maximum Gasteiger partial charge on any atom is 0.148 e. The van der Waals surface area contributed by atoms with Gasteiger partial charge in [-0.1, -0.05) is 18.2 Å². The molecule has 0 aliphatic carbocycles.